The van der Waals surface area contributed by atoms with E-state index in [0.29, 0.717) is 38.5 Å². The van der Waals surface area contributed by atoms with Gasteiger partial charge in [-0.2, -0.15) is 0 Å². The third kappa shape index (κ3) is 6.22. The van der Waals surface area contributed by atoms with E-state index in [2.05, 4.69) is 31.3 Å². The van der Waals surface area contributed by atoms with Crippen molar-refractivity contribution >= 4 is 11.8 Å². The topological polar surface area (TPSA) is 67.9 Å². The third-order valence-electron chi connectivity index (χ3n) is 6.68. The predicted molar refractivity (Wildman–Crippen MR) is 121 cm³/mol. The molecule has 0 aromatic heterocycles. The maximum atomic E-state index is 13.6. The van der Waals surface area contributed by atoms with Crippen molar-refractivity contribution in [3.05, 3.63) is 29.8 Å². The summed E-state index contributed by atoms with van der Waals surface area (Å²) in [5.41, 5.74) is 0.837. The van der Waals surface area contributed by atoms with Crippen molar-refractivity contribution in [1.29, 1.82) is 0 Å². The number of carbonyl (C=O) groups excluding carboxylic acids is 2. The van der Waals surface area contributed by atoms with Crippen LogP contribution in [0.4, 0.5) is 0 Å². The van der Waals surface area contributed by atoms with Crippen LogP contribution in [0, 0.1) is 11.3 Å². The van der Waals surface area contributed by atoms with Gasteiger partial charge in [0.25, 0.3) is 0 Å². The maximum absolute atomic E-state index is 13.6. The lowest BCUT2D eigenvalue weighted by Crippen LogP contribution is -2.53. The maximum Gasteiger partial charge on any atom is 0.248 e. The van der Waals surface area contributed by atoms with Crippen molar-refractivity contribution in [2.75, 3.05) is 33.4 Å². The van der Waals surface area contributed by atoms with Crippen molar-refractivity contribution in [3.8, 4) is 5.75 Å². The molecule has 2 amide bonds. The highest BCUT2D eigenvalue weighted by Crippen LogP contribution is 2.38. The quantitative estimate of drug-likeness (QED) is 0.793. The first-order valence-corrected chi connectivity index (χ1v) is 11.7. The standard InChI is InChI=1S/C25H38N2O4/c1-19(2)16-21-17-31-22-10-5-4-8-20(22)9-6-7-11-25(24(29)26-21)12-14-27(15-13-25)23(28)18-30-3/h4-5,8,10,19,21H,6-7,9,11-18H2,1-3H3,(H,26,29)/t21-/m0/s1. The van der Waals surface area contributed by atoms with Gasteiger partial charge >= 0.3 is 0 Å². The van der Waals surface area contributed by atoms with Gasteiger partial charge in [-0.1, -0.05) is 38.5 Å². The Morgan fingerprint density at radius 2 is 1.97 bits per heavy atom. The zero-order valence-corrected chi connectivity index (χ0v) is 19.3. The number of likely N-dealkylation sites (tertiary alicyclic amines) is 1. The van der Waals surface area contributed by atoms with Gasteiger partial charge in [-0.25, -0.2) is 0 Å². The fourth-order valence-electron chi connectivity index (χ4n) is 4.89. The molecule has 0 bridgehead atoms. The number of hydrogen-bond acceptors (Lipinski definition) is 4. The summed E-state index contributed by atoms with van der Waals surface area (Å²) in [6.07, 6.45) is 6.13. The molecule has 6 nitrogen and oxygen atoms in total. The first-order valence-electron chi connectivity index (χ1n) is 11.7. The normalized spacial score (nSPS) is 22.1. The highest BCUT2D eigenvalue weighted by atomic mass is 16.5. The van der Waals surface area contributed by atoms with Crippen LogP contribution in [-0.4, -0.2) is 56.2 Å². The van der Waals surface area contributed by atoms with Crippen LogP contribution < -0.4 is 10.1 Å². The molecule has 0 saturated carbocycles. The highest BCUT2D eigenvalue weighted by Gasteiger charge is 2.42. The number of nitrogens with zero attached hydrogens (tertiary/aromatic N) is 1. The zero-order chi connectivity index (χ0) is 22.3. The van der Waals surface area contributed by atoms with Crippen molar-refractivity contribution in [2.45, 2.75) is 64.8 Å². The SMILES string of the molecule is COCC(=O)N1CCC2(CCCCc3ccccc3OC[C@H](CC(C)C)NC2=O)CC1. The Balaban J connectivity index is 1.76. The van der Waals surface area contributed by atoms with Gasteiger partial charge in [0.05, 0.1) is 11.5 Å². The second kappa shape index (κ2) is 11.0. The molecule has 1 aromatic carbocycles. The molecule has 3 rings (SSSR count). The highest BCUT2D eigenvalue weighted by molar-refractivity contribution is 5.84. The van der Waals surface area contributed by atoms with Gasteiger partial charge in [-0.05, 0) is 56.1 Å². The number of hydrogen-bond donors (Lipinski definition) is 1. The van der Waals surface area contributed by atoms with Gasteiger partial charge in [0.2, 0.25) is 11.8 Å². The van der Waals surface area contributed by atoms with Crippen LogP contribution in [0.1, 0.15) is 57.9 Å². The first-order chi connectivity index (χ1) is 14.9. The van der Waals surface area contributed by atoms with E-state index in [1.165, 1.54) is 5.56 Å². The van der Waals surface area contributed by atoms with E-state index in [0.717, 1.165) is 37.9 Å². The average molecular weight is 431 g/mol. The van der Waals surface area contributed by atoms with Crippen molar-refractivity contribution in [2.24, 2.45) is 11.3 Å². The monoisotopic (exact) mass is 430 g/mol. The van der Waals surface area contributed by atoms with Gasteiger partial charge in [0, 0.05) is 20.2 Å². The Bertz CT molecular complexity index is 741. The second-order valence-electron chi connectivity index (χ2n) is 9.52. The van der Waals surface area contributed by atoms with Gasteiger partial charge in [0.1, 0.15) is 19.0 Å². The van der Waals surface area contributed by atoms with Crippen LogP contribution in [0.3, 0.4) is 0 Å². The number of nitrogens with one attached hydrogen (secondary N) is 1. The van der Waals surface area contributed by atoms with Crippen molar-refractivity contribution < 1.29 is 19.1 Å². The van der Waals surface area contributed by atoms with Crippen LogP contribution in [0.2, 0.25) is 0 Å². The van der Waals surface area contributed by atoms with Crippen LogP contribution in [0.15, 0.2) is 24.3 Å². The number of carbonyl (C=O) groups is 2. The lowest BCUT2D eigenvalue weighted by Gasteiger charge is -2.41. The number of amides is 2. The summed E-state index contributed by atoms with van der Waals surface area (Å²) >= 11 is 0. The van der Waals surface area contributed by atoms with E-state index in [4.69, 9.17) is 9.47 Å². The molecule has 0 radical (unpaired) electrons. The van der Waals surface area contributed by atoms with Gasteiger partial charge in [0.15, 0.2) is 0 Å². The minimum Gasteiger partial charge on any atom is -0.491 e. The molecule has 1 saturated heterocycles. The minimum absolute atomic E-state index is 0.00797. The molecule has 1 N–H and O–H groups in total. The third-order valence-corrected chi connectivity index (χ3v) is 6.68. The van der Waals surface area contributed by atoms with Crippen molar-refractivity contribution in [1.82, 2.24) is 10.2 Å². The molecule has 2 aliphatic rings. The molecule has 1 aromatic rings. The van der Waals surface area contributed by atoms with Gasteiger partial charge in [-0.3, -0.25) is 9.59 Å². The Morgan fingerprint density at radius 3 is 2.68 bits per heavy atom. The van der Waals surface area contributed by atoms with E-state index in [-0.39, 0.29) is 24.5 Å². The first kappa shape index (κ1) is 23.6. The summed E-state index contributed by atoms with van der Waals surface area (Å²) in [7, 11) is 1.54. The van der Waals surface area contributed by atoms with Gasteiger partial charge < -0.3 is 19.7 Å². The van der Waals surface area contributed by atoms with Crippen LogP contribution in [0.25, 0.3) is 0 Å². The fourth-order valence-corrected chi connectivity index (χ4v) is 4.89. The summed E-state index contributed by atoms with van der Waals surface area (Å²) in [6.45, 7) is 6.16. The minimum atomic E-state index is -0.405. The Labute approximate surface area is 186 Å². The van der Waals surface area contributed by atoms with E-state index < -0.39 is 5.41 Å². The molecule has 172 valence electrons. The Kier molecular flexibility index (Phi) is 8.35. The Hall–Kier alpha value is -2.08. The smallest absolute Gasteiger partial charge is 0.248 e. The number of fused-ring (bicyclic) bond motifs is 1. The number of para-hydroxylation sites is 1. The number of benzene rings is 1. The number of rotatable bonds is 4. The summed E-state index contributed by atoms with van der Waals surface area (Å²) < 4.78 is 11.2. The van der Waals surface area contributed by atoms with E-state index in [1.54, 1.807) is 7.11 Å². The number of methoxy groups -OCH3 is 1. The van der Waals surface area contributed by atoms with Gasteiger partial charge in [-0.15, -0.1) is 0 Å². The summed E-state index contributed by atoms with van der Waals surface area (Å²) in [5, 5.41) is 3.33. The molecule has 1 fully saturated rings. The second-order valence-corrected chi connectivity index (χ2v) is 9.52. The number of ether oxygens (including phenoxy) is 2. The lowest BCUT2D eigenvalue weighted by molar-refractivity contribution is -0.143. The molecule has 31 heavy (non-hydrogen) atoms. The molecular weight excluding hydrogens is 392 g/mol. The molecular formula is C25H38N2O4. The predicted octanol–water partition coefficient (Wildman–Crippen LogP) is 3.58. The molecule has 6 heteroatoms. The largest absolute Gasteiger partial charge is 0.491 e. The molecule has 2 heterocycles. The van der Waals surface area contributed by atoms with Crippen LogP contribution in [0.5, 0.6) is 5.75 Å². The molecule has 0 unspecified atom stereocenters. The Morgan fingerprint density at radius 1 is 1.23 bits per heavy atom. The van der Waals surface area contributed by atoms with Crippen LogP contribution in [-0.2, 0) is 20.7 Å². The van der Waals surface area contributed by atoms with E-state index in [9.17, 15) is 9.59 Å². The molecule has 0 aliphatic carbocycles. The molecule has 1 atom stereocenters. The summed E-state index contributed by atoms with van der Waals surface area (Å²) in [4.78, 5) is 27.6. The van der Waals surface area contributed by atoms with E-state index in [1.807, 2.05) is 17.0 Å². The van der Waals surface area contributed by atoms with Crippen LogP contribution >= 0.6 is 0 Å². The molecule has 1 spiro atoms. The lowest BCUT2D eigenvalue weighted by atomic mass is 9.73. The average Bonchev–Trinajstić information content (AvgIpc) is 2.75. The fraction of sp³-hybridized carbons (Fsp3) is 0.680. The number of piperidine rings is 1. The molecule has 2 aliphatic heterocycles. The number of aryl methyl sites for hydroxylation is 1. The van der Waals surface area contributed by atoms with E-state index >= 15 is 0 Å². The summed E-state index contributed by atoms with van der Waals surface area (Å²) in [6, 6.07) is 8.23. The summed E-state index contributed by atoms with van der Waals surface area (Å²) in [5.74, 6) is 1.54. The van der Waals surface area contributed by atoms with Crippen molar-refractivity contribution in [3.63, 3.8) is 0 Å². The zero-order valence-electron chi connectivity index (χ0n) is 19.3.